The van der Waals surface area contributed by atoms with Gasteiger partial charge >= 0.3 is 0 Å². The zero-order valence-electron chi connectivity index (χ0n) is 44.5. The number of hydrogen-bond donors (Lipinski definition) is 16. The number of aliphatic hydroxyl groups excluding tert-OH is 1. The van der Waals surface area contributed by atoms with Crippen LogP contribution in [0.3, 0.4) is 0 Å². The van der Waals surface area contributed by atoms with Crippen molar-refractivity contribution in [1.82, 2.24) is 42.5 Å². The van der Waals surface area contributed by atoms with Crippen LogP contribution in [0, 0.1) is 0 Å². The van der Waals surface area contributed by atoms with Crippen LogP contribution >= 0.6 is 21.6 Å². The van der Waals surface area contributed by atoms with Crippen LogP contribution in [-0.2, 0) is 62.4 Å². The van der Waals surface area contributed by atoms with Crippen molar-refractivity contribution in [1.29, 1.82) is 0 Å². The van der Waals surface area contributed by atoms with E-state index in [9.17, 15) is 58.5 Å². The lowest BCUT2D eigenvalue weighted by Crippen LogP contribution is -2.62. The number of nitrogens with zero attached hydrogens (tertiary/aromatic N) is 1. The number of unbranched alkanes of at least 4 members (excludes halogenated alkanes) is 1. The maximum absolute atomic E-state index is 14.8. The van der Waals surface area contributed by atoms with Crippen molar-refractivity contribution in [3.05, 3.63) is 95.6 Å². The van der Waals surface area contributed by atoms with Gasteiger partial charge in [-0.3, -0.25) is 48.1 Å². The summed E-state index contributed by atoms with van der Waals surface area (Å²) in [5.41, 5.74) is 30.3. The van der Waals surface area contributed by atoms with Gasteiger partial charge in [0.15, 0.2) is 5.96 Å². The van der Waals surface area contributed by atoms with Gasteiger partial charge in [0.2, 0.25) is 53.2 Å². The van der Waals surface area contributed by atoms with Gasteiger partial charge in [-0.2, -0.15) is 0 Å². The molecule has 28 heteroatoms. The highest BCUT2D eigenvalue weighted by atomic mass is 33.1. The number of nitrogens with two attached hydrogens (primary N) is 5. The number of carbonyl (C=O) groups is 9. The first-order valence-corrected chi connectivity index (χ1v) is 28.0. The molecule has 1 fully saturated rings. The Bertz CT molecular complexity index is 2610. The number of phenolic OH excluding ortho intramolecular Hbond substituents is 2. The molecule has 0 aromatic heterocycles. The summed E-state index contributed by atoms with van der Waals surface area (Å²) in [5.74, 6) is -8.62. The molecule has 26 nitrogen and oxygen atoms in total. The number of nitrogens with one attached hydrogen (secondary N) is 8. The van der Waals surface area contributed by atoms with Crippen LogP contribution < -0.4 is 71.2 Å². The standard InChI is InChI=1S/C52H74N14O12S2/c1-52(2)42(66-44(72)34(54)23-30-13-17-32(68)18-14-30)50(78)64-37(25-31-15-19-33(69)20-16-31)45(73)59-26-41(70)60-39(27-67)48(76)63-38(24-29-9-4-3-5-10-29)47(75)65-40(28-79-80-52)49(77)62-36(11-6-7-21-53)46(74)61-35(43(55)71)12-8-22-58-51(56)57/h3-5,9-10,13-20,34-40,42,67-69H,6-8,11-12,21-28,53-54H2,1-2H3,(H2,55,71)(H,59,73)(H,60,70)(H,61,74)(H,62,77)(H,63,76)(H,64,78)(H,65,75)(H,66,72)(H4,56,57,58)/t34-,35-,36-,37-,38+,39-,40+,42+/m0/s1. The molecule has 1 saturated heterocycles. The van der Waals surface area contributed by atoms with E-state index < -0.39 is 119 Å². The average Bonchev–Trinajstić information content (AvgIpc) is 3.45. The second-order valence-electron chi connectivity index (χ2n) is 19.4. The third-order valence-electron chi connectivity index (χ3n) is 12.5. The van der Waals surface area contributed by atoms with E-state index in [2.05, 4.69) is 47.5 Å². The summed E-state index contributed by atoms with van der Waals surface area (Å²) in [7, 11) is 1.97. The molecule has 1 aliphatic heterocycles. The minimum atomic E-state index is -1.68. The van der Waals surface area contributed by atoms with Crippen LogP contribution in [0.2, 0.25) is 0 Å². The number of aromatic hydroxyl groups is 2. The fourth-order valence-corrected chi connectivity index (χ4v) is 10.8. The smallest absolute Gasteiger partial charge is 0.245 e. The second-order valence-corrected chi connectivity index (χ2v) is 22.4. The van der Waals surface area contributed by atoms with E-state index in [0.29, 0.717) is 29.5 Å². The van der Waals surface area contributed by atoms with Crippen LogP contribution in [0.4, 0.5) is 0 Å². The lowest BCUT2D eigenvalue weighted by molar-refractivity contribution is -0.135. The number of amides is 9. The number of phenols is 2. The van der Waals surface area contributed by atoms with Gasteiger partial charge in [0.05, 0.1) is 19.2 Å². The fraction of sp³-hybridized carbons (Fsp3) is 0.462. The van der Waals surface area contributed by atoms with Crippen molar-refractivity contribution in [2.24, 2.45) is 33.7 Å². The molecule has 80 heavy (non-hydrogen) atoms. The zero-order valence-corrected chi connectivity index (χ0v) is 46.1. The van der Waals surface area contributed by atoms with Gasteiger partial charge in [0.25, 0.3) is 0 Å². The number of hydrogen-bond acceptors (Lipinski definition) is 17. The number of aliphatic imine (C=N–C) groups is 1. The minimum absolute atomic E-state index is 0.0158. The molecule has 0 bridgehead atoms. The lowest BCUT2D eigenvalue weighted by Gasteiger charge is -2.35. The van der Waals surface area contributed by atoms with Gasteiger partial charge in [-0.15, -0.1) is 0 Å². The first-order chi connectivity index (χ1) is 38.0. The molecule has 0 aliphatic carbocycles. The fourth-order valence-electron chi connectivity index (χ4n) is 8.03. The van der Waals surface area contributed by atoms with Crippen LogP contribution in [0.5, 0.6) is 11.5 Å². The van der Waals surface area contributed by atoms with Crippen molar-refractivity contribution in [3.63, 3.8) is 0 Å². The maximum Gasteiger partial charge on any atom is 0.245 e. The summed E-state index contributed by atoms with van der Waals surface area (Å²) in [4.78, 5) is 130. The van der Waals surface area contributed by atoms with E-state index in [-0.39, 0.29) is 74.8 Å². The van der Waals surface area contributed by atoms with E-state index in [1.807, 2.05) is 0 Å². The van der Waals surface area contributed by atoms with Crippen molar-refractivity contribution in [2.75, 3.05) is 32.0 Å². The molecule has 3 aromatic rings. The molecule has 1 aliphatic rings. The molecule has 3 aromatic carbocycles. The molecule has 4 rings (SSSR count). The van der Waals surface area contributed by atoms with Crippen LogP contribution in [0.25, 0.3) is 0 Å². The summed E-state index contributed by atoms with van der Waals surface area (Å²) in [6.45, 7) is 1.81. The normalized spacial score (nSPS) is 20.6. The molecule has 436 valence electrons. The van der Waals surface area contributed by atoms with E-state index in [1.165, 1.54) is 36.4 Å². The summed E-state index contributed by atoms with van der Waals surface area (Å²) in [5, 5.41) is 50.9. The van der Waals surface area contributed by atoms with Gasteiger partial charge in [-0.1, -0.05) is 76.2 Å². The molecular formula is C52H74N14O12S2. The second kappa shape index (κ2) is 32.4. The molecule has 0 unspecified atom stereocenters. The molecule has 1 heterocycles. The first kappa shape index (κ1) is 64.9. The number of guanidine groups is 1. The highest BCUT2D eigenvalue weighted by molar-refractivity contribution is 8.77. The van der Waals surface area contributed by atoms with Crippen molar-refractivity contribution in [2.45, 2.75) is 118 Å². The van der Waals surface area contributed by atoms with E-state index in [4.69, 9.17) is 28.7 Å². The zero-order chi connectivity index (χ0) is 58.9. The molecular weight excluding hydrogens is 1080 g/mol. The average molecular weight is 1150 g/mol. The third-order valence-corrected chi connectivity index (χ3v) is 15.8. The van der Waals surface area contributed by atoms with Crippen LogP contribution in [0.15, 0.2) is 83.9 Å². The van der Waals surface area contributed by atoms with Gasteiger partial charge in [0, 0.05) is 29.9 Å². The third kappa shape index (κ3) is 21.9. The van der Waals surface area contributed by atoms with Gasteiger partial charge in [0.1, 0.15) is 53.8 Å². The largest absolute Gasteiger partial charge is 0.508 e. The van der Waals surface area contributed by atoms with Crippen molar-refractivity contribution in [3.8, 4) is 11.5 Å². The topological polar surface area (TPSA) is 453 Å². The Labute approximate surface area is 470 Å². The van der Waals surface area contributed by atoms with Gasteiger partial charge < -0.3 is 86.5 Å². The van der Waals surface area contributed by atoms with E-state index in [1.54, 1.807) is 56.3 Å². The number of carbonyl (C=O) groups excluding carboxylic acids is 9. The molecule has 9 amide bonds. The Morgan fingerprint density at radius 3 is 1.88 bits per heavy atom. The van der Waals surface area contributed by atoms with Crippen LogP contribution in [0.1, 0.15) is 62.6 Å². The lowest BCUT2D eigenvalue weighted by atomic mass is 9.99. The number of benzene rings is 3. The predicted molar refractivity (Wildman–Crippen MR) is 301 cm³/mol. The Kier molecular flexibility index (Phi) is 26.3. The molecule has 0 radical (unpaired) electrons. The number of primary amides is 1. The summed E-state index contributed by atoms with van der Waals surface area (Å²) in [6.07, 6.45) is 0.674. The molecule has 0 saturated carbocycles. The van der Waals surface area contributed by atoms with Crippen molar-refractivity contribution < 1.29 is 58.5 Å². The Hall–Kier alpha value is -7.66. The van der Waals surface area contributed by atoms with Gasteiger partial charge in [-0.05, 0) is 99.9 Å². The SMILES string of the molecule is CC1(C)SSC[C@H](C(=O)N[C@@H](CCCCN)C(=O)N[C@@H](CCCN=C(N)N)C(N)=O)NC(=O)[C@@H](Cc2ccccc2)NC(=O)[C@H](CO)NC(=O)CNC(=O)[C@H](Cc2ccc(O)cc2)NC(=O)[C@H]1NC(=O)[C@@H](N)Cc1ccc(O)cc1. The Morgan fingerprint density at radius 2 is 1.27 bits per heavy atom. The number of rotatable bonds is 22. The summed E-state index contributed by atoms with van der Waals surface area (Å²) in [6, 6.07) is 8.72. The molecule has 0 spiro atoms. The summed E-state index contributed by atoms with van der Waals surface area (Å²) >= 11 is 0. The predicted octanol–water partition coefficient (Wildman–Crippen LogP) is -3.20. The number of aliphatic hydroxyl groups is 1. The first-order valence-electron chi connectivity index (χ1n) is 25.7. The minimum Gasteiger partial charge on any atom is -0.508 e. The highest BCUT2D eigenvalue weighted by Gasteiger charge is 2.41. The quantitative estimate of drug-likeness (QED) is 0.0204. The Balaban J connectivity index is 1.79. The monoisotopic (exact) mass is 1150 g/mol. The molecule has 8 atom stereocenters. The summed E-state index contributed by atoms with van der Waals surface area (Å²) < 4.78 is -1.38. The van der Waals surface area contributed by atoms with Gasteiger partial charge in [-0.25, -0.2) is 0 Å². The van der Waals surface area contributed by atoms with Crippen LogP contribution in [-0.4, -0.2) is 160 Å². The molecule has 21 N–H and O–H groups in total. The Morgan fingerprint density at radius 1 is 0.700 bits per heavy atom. The van der Waals surface area contributed by atoms with Crippen molar-refractivity contribution >= 4 is 80.7 Å². The van der Waals surface area contributed by atoms with E-state index in [0.717, 1.165) is 21.6 Å². The van der Waals surface area contributed by atoms with E-state index >= 15 is 0 Å². The maximum atomic E-state index is 14.8. The highest BCUT2D eigenvalue weighted by Crippen LogP contribution is 2.39.